The number of imidazole rings is 1. The molecule has 0 amide bonds. The SMILES string of the molecule is Cc1nc([N+](=O)[O-])c(NCC2COCCO2)n1C. The molecule has 0 saturated carbocycles. The van der Waals surface area contributed by atoms with Gasteiger partial charge in [0.1, 0.15) is 0 Å². The molecule has 1 unspecified atom stereocenters. The van der Waals surface area contributed by atoms with Gasteiger partial charge < -0.3 is 24.9 Å². The van der Waals surface area contributed by atoms with Gasteiger partial charge in [-0.2, -0.15) is 0 Å². The second-order valence-corrected chi connectivity index (χ2v) is 4.10. The number of aryl methyl sites for hydroxylation is 1. The lowest BCUT2D eigenvalue weighted by atomic mass is 10.3. The summed E-state index contributed by atoms with van der Waals surface area (Å²) in [6.07, 6.45) is -0.0893. The van der Waals surface area contributed by atoms with E-state index in [1.807, 2.05) is 0 Å². The van der Waals surface area contributed by atoms with Crippen molar-refractivity contribution in [2.75, 3.05) is 31.7 Å². The van der Waals surface area contributed by atoms with Crippen molar-refractivity contribution in [2.24, 2.45) is 7.05 Å². The molecule has 1 aliphatic heterocycles. The van der Waals surface area contributed by atoms with Crippen LogP contribution in [0.4, 0.5) is 11.6 Å². The Morgan fingerprint density at radius 3 is 3.00 bits per heavy atom. The molecule has 1 aliphatic rings. The summed E-state index contributed by atoms with van der Waals surface area (Å²) in [6, 6.07) is 0. The predicted molar refractivity (Wildman–Crippen MR) is 63.6 cm³/mol. The number of ether oxygens (including phenoxy) is 2. The van der Waals surface area contributed by atoms with Gasteiger partial charge in [-0.05, 0) is 9.91 Å². The average Bonchev–Trinajstić information content (AvgIpc) is 2.65. The summed E-state index contributed by atoms with van der Waals surface area (Å²) in [5, 5.41) is 13.9. The van der Waals surface area contributed by atoms with E-state index in [1.54, 1.807) is 18.5 Å². The zero-order valence-corrected chi connectivity index (χ0v) is 10.4. The smallest absolute Gasteiger partial charge is 0.376 e. The van der Waals surface area contributed by atoms with Crippen LogP contribution in [-0.2, 0) is 16.5 Å². The lowest BCUT2D eigenvalue weighted by Gasteiger charge is -2.23. The van der Waals surface area contributed by atoms with Crippen LogP contribution in [0.3, 0.4) is 0 Å². The molecule has 1 aromatic rings. The fraction of sp³-hybridized carbons (Fsp3) is 0.700. The number of nitro groups is 1. The topological polar surface area (TPSA) is 91.5 Å². The quantitative estimate of drug-likeness (QED) is 0.621. The molecule has 1 N–H and O–H groups in total. The summed E-state index contributed by atoms with van der Waals surface area (Å²) in [7, 11) is 1.73. The fourth-order valence-electron chi connectivity index (χ4n) is 1.78. The summed E-state index contributed by atoms with van der Waals surface area (Å²) in [5.41, 5.74) is 0. The van der Waals surface area contributed by atoms with Crippen molar-refractivity contribution in [2.45, 2.75) is 13.0 Å². The molecule has 2 rings (SSSR count). The minimum absolute atomic E-state index is 0.0893. The van der Waals surface area contributed by atoms with Gasteiger partial charge in [0.05, 0.1) is 25.9 Å². The Labute approximate surface area is 104 Å². The predicted octanol–water partition coefficient (Wildman–Crippen LogP) is 0.464. The zero-order chi connectivity index (χ0) is 13.1. The highest BCUT2D eigenvalue weighted by Gasteiger charge is 2.24. The highest BCUT2D eigenvalue weighted by molar-refractivity contribution is 5.53. The van der Waals surface area contributed by atoms with Crippen LogP contribution in [0.15, 0.2) is 0 Å². The maximum absolute atomic E-state index is 10.9. The summed E-state index contributed by atoms with van der Waals surface area (Å²) in [6.45, 7) is 3.83. The fourth-order valence-corrected chi connectivity index (χ4v) is 1.78. The maximum atomic E-state index is 10.9. The molecule has 1 saturated heterocycles. The lowest BCUT2D eigenvalue weighted by Crippen LogP contribution is -2.34. The van der Waals surface area contributed by atoms with E-state index in [4.69, 9.17) is 9.47 Å². The van der Waals surface area contributed by atoms with Crippen molar-refractivity contribution in [3.8, 4) is 0 Å². The van der Waals surface area contributed by atoms with E-state index in [9.17, 15) is 10.1 Å². The average molecular weight is 256 g/mol. The van der Waals surface area contributed by atoms with Crippen LogP contribution in [0.25, 0.3) is 0 Å². The lowest BCUT2D eigenvalue weighted by molar-refractivity contribution is -0.388. The highest BCUT2D eigenvalue weighted by atomic mass is 16.6. The summed E-state index contributed by atoms with van der Waals surface area (Å²) >= 11 is 0. The first-order valence-corrected chi connectivity index (χ1v) is 5.70. The molecule has 0 aliphatic carbocycles. The summed E-state index contributed by atoms with van der Waals surface area (Å²) < 4.78 is 12.4. The minimum Gasteiger partial charge on any atom is -0.376 e. The van der Waals surface area contributed by atoms with Crippen LogP contribution in [0.1, 0.15) is 5.82 Å². The zero-order valence-electron chi connectivity index (χ0n) is 10.4. The third kappa shape index (κ3) is 2.59. The normalized spacial score (nSPS) is 19.8. The van der Waals surface area contributed by atoms with E-state index in [0.29, 0.717) is 38.0 Å². The maximum Gasteiger partial charge on any atom is 0.406 e. The molecule has 0 aromatic carbocycles. The van der Waals surface area contributed by atoms with E-state index >= 15 is 0 Å². The second kappa shape index (κ2) is 5.32. The largest absolute Gasteiger partial charge is 0.406 e. The Morgan fingerprint density at radius 2 is 2.39 bits per heavy atom. The highest BCUT2D eigenvalue weighted by Crippen LogP contribution is 2.23. The van der Waals surface area contributed by atoms with Gasteiger partial charge in [0, 0.05) is 20.5 Å². The third-order valence-corrected chi connectivity index (χ3v) is 2.86. The molecular formula is C10H16N4O4. The molecule has 2 heterocycles. The van der Waals surface area contributed by atoms with Gasteiger partial charge in [-0.3, -0.25) is 4.57 Å². The number of nitrogens with one attached hydrogen (secondary N) is 1. The molecule has 8 heteroatoms. The Balaban J connectivity index is 2.05. The number of nitrogens with zero attached hydrogens (tertiary/aromatic N) is 3. The first-order chi connectivity index (χ1) is 8.59. The number of anilines is 1. The van der Waals surface area contributed by atoms with E-state index in [1.165, 1.54) is 0 Å². The van der Waals surface area contributed by atoms with Crippen LogP contribution >= 0.6 is 0 Å². The molecule has 0 bridgehead atoms. The summed E-state index contributed by atoms with van der Waals surface area (Å²) in [4.78, 5) is 14.3. The Kier molecular flexibility index (Phi) is 3.78. The van der Waals surface area contributed by atoms with E-state index < -0.39 is 4.92 Å². The Morgan fingerprint density at radius 1 is 1.61 bits per heavy atom. The third-order valence-electron chi connectivity index (χ3n) is 2.86. The molecule has 1 atom stereocenters. The van der Waals surface area contributed by atoms with Crippen LogP contribution in [0.2, 0.25) is 0 Å². The van der Waals surface area contributed by atoms with Crippen molar-refractivity contribution in [1.29, 1.82) is 0 Å². The van der Waals surface area contributed by atoms with Gasteiger partial charge in [-0.15, -0.1) is 0 Å². The minimum atomic E-state index is -0.492. The van der Waals surface area contributed by atoms with E-state index in [2.05, 4.69) is 10.3 Å². The Hall–Kier alpha value is -1.67. The second-order valence-electron chi connectivity index (χ2n) is 4.10. The Bertz CT molecular complexity index is 439. The first kappa shape index (κ1) is 12.8. The van der Waals surface area contributed by atoms with E-state index in [-0.39, 0.29) is 11.9 Å². The standard InChI is InChI=1S/C10H16N4O4/c1-7-12-10(14(15)16)9(13(7)2)11-5-8-6-17-3-4-18-8/h8,11H,3-6H2,1-2H3. The number of aromatic nitrogens is 2. The number of hydrogen-bond acceptors (Lipinski definition) is 6. The monoisotopic (exact) mass is 256 g/mol. The van der Waals surface area contributed by atoms with Gasteiger partial charge in [-0.1, -0.05) is 0 Å². The molecule has 1 aromatic heterocycles. The number of hydrogen-bond donors (Lipinski definition) is 1. The molecule has 100 valence electrons. The van der Waals surface area contributed by atoms with Crippen LogP contribution in [0.5, 0.6) is 0 Å². The molecule has 0 radical (unpaired) electrons. The van der Waals surface area contributed by atoms with Crippen molar-refractivity contribution in [3.63, 3.8) is 0 Å². The van der Waals surface area contributed by atoms with Crippen LogP contribution < -0.4 is 5.32 Å². The van der Waals surface area contributed by atoms with E-state index in [0.717, 1.165) is 0 Å². The van der Waals surface area contributed by atoms with Gasteiger partial charge >= 0.3 is 5.82 Å². The molecule has 0 spiro atoms. The van der Waals surface area contributed by atoms with Gasteiger partial charge in [0.15, 0.2) is 0 Å². The van der Waals surface area contributed by atoms with Crippen molar-refractivity contribution >= 4 is 11.6 Å². The van der Waals surface area contributed by atoms with Crippen molar-refractivity contribution < 1.29 is 14.4 Å². The summed E-state index contributed by atoms with van der Waals surface area (Å²) in [5.74, 6) is 0.823. The first-order valence-electron chi connectivity index (χ1n) is 5.70. The van der Waals surface area contributed by atoms with Crippen LogP contribution in [0, 0.1) is 17.0 Å². The molecular weight excluding hydrogens is 240 g/mol. The van der Waals surface area contributed by atoms with Gasteiger partial charge in [-0.25, -0.2) is 0 Å². The van der Waals surface area contributed by atoms with Crippen molar-refractivity contribution in [1.82, 2.24) is 9.55 Å². The van der Waals surface area contributed by atoms with Gasteiger partial charge in [0.2, 0.25) is 11.6 Å². The van der Waals surface area contributed by atoms with Gasteiger partial charge in [0.25, 0.3) is 0 Å². The molecule has 18 heavy (non-hydrogen) atoms. The van der Waals surface area contributed by atoms with Crippen LogP contribution in [-0.4, -0.2) is 46.9 Å². The molecule has 1 fully saturated rings. The van der Waals surface area contributed by atoms with Crippen molar-refractivity contribution in [3.05, 3.63) is 15.9 Å². The number of rotatable bonds is 4. The molecule has 8 nitrogen and oxygen atoms in total.